The van der Waals surface area contributed by atoms with E-state index in [1.54, 1.807) is 12.1 Å². The average molecular weight is 1090 g/mol. The lowest BCUT2D eigenvalue weighted by molar-refractivity contribution is -0.286. The van der Waals surface area contributed by atoms with Crippen LogP contribution in [0.3, 0.4) is 0 Å². The highest BCUT2D eigenvalue weighted by atomic mass is 19.4. The predicted molar refractivity (Wildman–Crippen MR) is 279 cm³/mol. The Bertz CT molecular complexity index is 2140. The Labute approximate surface area is 449 Å². The van der Waals surface area contributed by atoms with Crippen molar-refractivity contribution in [3.63, 3.8) is 0 Å². The van der Waals surface area contributed by atoms with Gasteiger partial charge in [-0.1, -0.05) is 65.8 Å². The second kappa shape index (κ2) is 25.2. The first-order valence-corrected chi connectivity index (χ1v) is 28.2. The molecule has 0 aliphatic heterocycles. The van der Waals surface area contributed by atoms with E-state index in [1.165, 1.54) is 25.0 Å². The van der Waals surface area contributed by atoms with E-state index in [4.69, 9.17) is 33.5 Å². The van der Waals surface area contributed by atoms with E-state index < -0.39 is 57.5 Å². The highest BCUT2D eigenvalue weighted by Gasteiger charge is 2.65. The van der Waals surface area contributed by atoms with Gasteiger partial charge in [0.15, 0.2) is 23.4 Å². The lowest BCUT2D eigenvalue weighted by Gasteiger charge is -2.61. The van der Waals surface area contributed by atoms with Crippen LogP contribution in [-0.2, 0) is 33.3 Å². The Balaban J connectivity index is 0.000000196. The molecule has 0 heterocycles. The number of carbonyl (C=O) groups excluding carboxylic acids is 2. The van der Waals surface area contributed by atoms with Gasteiger partial charge in [-0.05, 0) is 202 Å². The van der Waals surface area contributed by atoms with Gasteiger partial charge in [0.05, 0.1) is 11.2 Å². The van der Waals surface area contributed by atoms with Gasteiger partial charge in [-0.3, -0.25) is 9.59 Å². The summed E-state index contributed by atoms with van der Waals surface area (Å²) in [6.45, 7) is 22.2. The van der Waals surface area contributed by atoms with Gasteiger partial charge < -0.3 is 38.6 Å². The number of carbonyl (C=O) groups is 2. The molecule has 8 aliphatic rings. The first kappa shape index (κ1) is 63.2. The molecule has 0 spiro atoms. The van der Waals surface area contributed by atoms with Crippen LogP contribution in [0.4, 0.5) is 26.3 Å². The fraction of sp³-hybridized carbons (Fsp3) is 0.767. The normalized spacial score (nSPS) is 31.0. The van der Waals surface area contributed by atoms with Crippen molar-refractivity contribution in [1.29, 1.82) is 0 Å². The summed E-state index contributed by atoms with van der Waals surface area (Å²) < 4.78 is 114. The van der Waals surface area contributed by atoms with Crippen molar-refractivity contribution in [3.8, 4) is 11.5 Å². The summed E-state index contributed by atoms with van der Waals surface area (Å²) in [5.41, 5.74) is -5.33. The Kier molecular flexibility index (Phi) is 21.0. The van der Waals surface area contributed by atoms with Crippen molar-refractivity contribution in [1.82, 2.24) is 0 Å². The number of alkyl halides is 6. The third-order valence-corrected chi connectivity index (χ3v) is 17.8. The molecule has 10 rings (SSSR count). The van der Waals surface area contributed by atoms with E-state index in [-0.39, 0.29) is 43.7 Å². The van der Waals surface area contributed by atoms with Gasteiger partial charge in [0.1, 0.15) is 22.7 Å². The van der Waals surface area contributed by atoms with Crippen LogP contribution in [0.15, 0.2) is 48.5 Å². The summed E-state index contributed by atoms with van der Waals surface area (Å²) in [6.07, 6.45) is 0.172. The number of phenols is 1. The quantitative estimate of drug-likeness (QED) is 0.0845. The maximum atomic E-state index is 13.5. The Morgan fingerprint density at radius 3 is 1.30 bits per heavy atom. The smallest absolute Gasteiger partial charge is 0.404 e. The zero-order valence-corrected chi connectivity index (χ0v) is 47.4. The summed E-state index contributed by atoms with van der Waals surface area (Å²) in [5.74, 6) is 1.26. The van der Waals surface area contributed by atoms with Gasteiger partial charge in [-0.25, -0.2) is 0 Å². The third kappa shape index (κ3) is 15.2. The second-order valence-corrected chi connectivity index (χ2v) is 23.9. The Hall–Kier alpha value is -3.60. The average Bonchev–Trinajstić information content (AvgIpc) is 3.31. The summed E-state index contributed by atoms with van der Waals surface area (Å²) in [4.78, 5) is 25.0. The van der Waals surface area contributed by atoms with Crippen LogP contribution in [0.1, 0.15) is 209 Å². The summed E-state index contributed by atoms with van der Waals surface area (Å²) in [6, 6.07) is 15.7. The Morgan fingerprint density at radius 1 is 0.566 bits per heavy atom. The molecular formula is C60H90F6O10. The maximum Gasteiger partial charge on any atom is 0.404 e. The monoisotopic (exact) mass is 1080 g/mol. The van der Waals surface area contributed by atoms with Gasteiger partial charge in [0, 0.05) is 26.1 Å². The molecule has 8 fully saturated rings. The molecule has 0 amide bonds. The number of halogens is 6. The van der Waals surface area contributed by atoms with Crippen LogP contribution in [0, 0.1) is 34.5 Å². The van der Waals surface area contributed by atoms with E-state index >= 15 is 0 Å². The zero-order chi connectivity index (χ0) is 56.7. The van der Waals surface area contributed by atoms with Crippen LogP contribution in [-0.4, -0.2) is 82.7 Å². The van der Waals surface area contributed by atoms with Crippen molar-refractivity contribution in [3.05, 3.63) is 59.7 Å². The lowest BCUT2D eigenvalue weighted by Crippen LogP contribution is -2.63. The number of rotatable bonds is 18. The van der Waals surface area contributed by atoms with Crippen LogP contribution in [0.25, 0.3) is 0 Å². The molecule has 2 N–H and O–H groups in total. The summed E-state index contributed by atoms with van der Waals surface area (Å²) in [5, 5.41) is 19.6. The second-order valence-electron chi connectivity index (χ2n) is 23.9. The minimum absolute atomic E-state index is 0.181. The largest absolute Gasteiger partial charge is 0.508 e. The third-order valence-electron chi connectivity index (χ3n) is 17.8. The molecule has 10 unspecified atom stereocenters. The molecule has 0 radical (unpaired) electrons. The van der Waals surface area contributed by atoms with Gasteiger partial charge in [-0.2, -0.15) is 26.3 Å². The van der Waals surface area contributed by atoms with Crippen LogP contribution in [0.2, 0.25) is 0 Å². The molecule has 76 heavy (non-hydrogen) atoms. The highest BCUT2D eigenvalue weighted by molar-refractivity contribution is 5.78. The number of hydrogen-bond acceptors (Lipinski definition) is 10. The molecule has 2 aromatic rings. The maximum absolute atomic E-state index is 13.5. The minimum atomic E-state index is -4.63. The molecule has 8 aliphatic carbocycles. The van der Waals surface area contributed by atoms with Gasteiger partial charge >= 0.3 is 24.3 Å². The topological polar surface area (TPSA) is 130 Å². The van der Waals surface area contributed by atoms with E-state index in [2.05, 4.69) is 39.8 Å². The van der Waals surface area contributed by atoms with Crippen LogP contribution < -0.4 is 4.74 Å². The van der Waals surface area contributed by atoms with E-state index in [9.17, 15) is 41.0 Å². The first-order chi connectivity index (χ1) is 35.4. The standard InChI is InChI=1S/C20H31F3O4.C16H23F3O3.C14H22O2.C10H14O/c1-5-17(4,20(21,22)23)16(24)27-19-10-14-7-15(11-19)9-18(8-14,12-19)26-13(3)25-6-2;1-3-13(2,16(17,18)19)12(20)22-15-7-10-4-11(8-15)6-14(21,5-10)9-15;1-5-11(3)13-7-9-14(10-8-13)16-12(4)15-6-2;1-3-8(2)9-4-6-10(11)7-5-9/h13-15H,5-12H2,1-4H3;10-11,21H,3-9H2,1-2H3;7-12H,5-6H2,1-4H3;4-8,11H,3H2,1-2H3. The molecule has 0 saturated heterocycles. The van der Waals surface area contributed by atoms with E-state index in [0.29, 0.717) is 87.6 Å². The number of aliphatic hydroxyl groups is 1. The first-order valence-electron chi connectivity index (χ1n) is 28.2. The van der Waals surface area contributed by atoms with E-state index in [1.807, 2.05) is 52.0 Å². The molecule has 0 aromatic heterocycles. The summed E-state index contributed by atoms with van der Waals surface area (Å²) in [7, 11) is 0. The molecule has 432 valence electrons. The minimum Gasteiger partial charge on any atom is -0.508 e. The fourth-order valence-corrected chi connectivity index (χ4v) is 13.4. The van der Waals surface area contributed by atoms with Crippen LogP contribution in [0.5, 0.6) is 11.5 Å². The van der Waals surface area contributed by atoms with Crippen molar-refractivity contribution >= 4 is 11.9 Å². The Morgan fingerprint density at radius 2 is 0.934 bits per heavy atom. The molecule has 8 saturated carbocycles. The zero-order valence-electron chi connectivity index (χ0n) is 47.4. The van der Waals surface area contributed by atoms with Crippen molar-refractivity contribution in [2.45, 2.75) is 245 Å². The van der Waals surface area contributed by atoms with Crippen molar-refractivity contribution < 1.29 is 74.6 Å². The molecule has 8 bridgehead atoms. The number of benzene rings is 2. The molecule has 16 heteroatoms. The van der Waals surface area contributed by atoms with E-state index in [0.717, 1.165) is 58.1 Å². The lowest BCUT2D eigenvalue weighted by atomic mass is 9.52. The van der Waals surface area contributed by atoms with Gasteiger partial charge in [0.25, 0.3) is 0 Å². The molecule has 2 aromatic carbocycles. The van der Waals surface area contributed by atoms with Crippen molar-refractivity contribution in [2.24, 2.45) is 34.5 Å². The molecule has 10 nitrogen and oxygen atoms in total. The van der Waals surface area contributed by atoms with Gasteiger partial charge in [0.2, 0.25) is 0 Å². The number of esters is 2. The number of hydrogen-bond donors (Lipinski definition) is 2. The van der Waals surface area contributed by atoms with Gasteiger partial charge in [-0.15, -0.1) is 0 Å². The summed E-state index contributed by atoms with van der Waals surface area (Å²) >= 11 is 0. The molecule has 10 atom stereocenters. The van der Waals surface area contributed by atoms with Crippen molar-refractivity contribution in [2.75, 3.05) is 13.2 Å². The SMILES string of the molecule is CCC(C)(C(=O)OC12CC3CC(CC(O)(C3)C1)C2)C(F)(F)F.CCC(C)c1ccc(O)cc1.CCOC(C)OC12CC3CC(CC(OC(=O)C(C)(CC)C(F)(F)F)(C3)C1)C2.CCOC(C)Oc1ccc(C(C)CC)cc1. The predicted octanol–water partition coefficient (Wildman–Crippen LogP) is 15.5. The number of aromatic hydroxyl groups is 1. The fourth-order valence-electron chi connectivity index (χ4n) is 13.4. The van der Waals surface area contributed by atoms with Crippen LogP contribution >= 0.6 is 0 Å². The highest BCUT2D eigenvalue weighted by Crippen LogP contribution is 2.62. The molecular weight excluding hydrogens is 995 g/mol. The number of phenolic OH excluding ortho intramolecular Hbond substituents is 1. The number of ether oxygens (including phenoxy) is 6.